The Labute approximate surface area is 225 Å². The number of methoxy groups -OCH3 is 1. The molecule has 0 atom stereocenters. The number of rotatable bonds is 9. The van der Waals surface area contributed by atoms with E-state index in [-0.39, 0.29) is 24.1 Å². The summed E-state index contributed by atoms with van der Waals surface area (Å²) < 4.78 is 10.9. The molecule has 2 aliphatic rings. The van der Waals surface area contributed by atoms with E-state index in [1.807, 2.05) is 56.1 Å². The van der Waals surface area contributed by atoms with E-state index in [2.05, 4.69) is 48.3 Å². The van der Waals surface area contributed by atoms with E-state index in [1.165, 1.54) is 0 Å². The molecule has 0 saturated carbocycles. The number of amides is 2. The lowest BCUT2D eigenvalue weighted by Crippen LogP contribution is -2.45. The van der Waals surface area contributed by atoms with Gasteiger partial charge in [0.05, 0.1) is 18.8 Å². The second kappa shape index (κ2) is 13.1. The molecule has 0 aliphatic carbocycles. The van der Waals surface area contributed by atoms with Gasteiger partial charge in [-0.15, -0.1) is 10.6 Å². The Morgan fingerprint density at radius 3 is 2.63 bits per heavy atom. The van der Waals surface area contributed by atoms with Gasteiger partial charge in [-0.1, -0.05) is 25.2 Å². The van der Waals surface area contributed by atoms with E-state index < -0.39 is 0 Å². The van der Waals surface area contributed by atoms with E-state index in [9.17, 15) is 9.59 Å². The van der Waals surface area contributed by atoms with Crippen molar-refractivity contribution < 1.29 is 19.1 Å². The molecule has 2 heterocycles. The van der Waals surface area contributed by atoms with Crippen LogP contribution in [0.25, 0.3) is 0 Å². The molecule has 10 heteroatoms. The van der Waals surface area contributed by atoms with Crippen molar-refractivity contribution in [1.29, 1.82) is 0 Å². The minimum atomic E-state index is -0.346. The molecule has 0 saturated heterocycles. The van der Waals surface area contributed by atoms with Crippen molar-refractivity contribution in [2.75, 3.05) is 13.7 Å². The van der Waals surface area contributed by atoms with Gasteiger partial charge in [0.1, 0.15) is 5.75 Å². The average molecular weight is 525 g/mol. The van der Waals surface area contributed by atoms with E-state index in [0.717, 1.165) is 29.0 Å². The fourth-order valence-electron chi connectivity index (χ4n) is 4.22. The van der Waals surface area contributed by atoms with Crippen LogP contribution in [-0.4, -0.2) is 53.5 Å². The number of hydrazone groups is 1. The topological polar surface area (TPSA) is 108 Å². The Balaban J connectivity index is 1.73. The highest BCUT2D eigenvalue weighted by molar-refractivity contribution is 6.01. The maximum atomic E-state index is 13.2. The molecule has 0 bridgehead atoms. The summed E-state index contributed by atoms with van der Waals surface area (Å²) in [6.45, 7) is 12.7. The van der Waals surface area contributed by atoms with Crippen LogP contribution in [0, 0.1) is 0 Å². The van der Waals surface area contributed by atoms with Gasteiger partial charge in [-0.2, -0.15) is 0 Å². The SMILES string of the molecule is CC/C=C(/C=C\C=C(/C)NC(=O)c1cc2c(cc1OC)CCN(C(=O)OC(C)C)C2)C1=NNNN1C(C)C. The summed E-state index contributed by atoms with van der Waals surface area (Å²) in [4.78, 5) is 27.2. The number of ether oxygens (including phenoxy) is 2. The lowest BCUT2D eigenvalue weighted by atomic mass is 9.96. The first-order valence-corrected chi connectivity index (χ1v) is 13.0. The third-order valence-electron chi connectivity index (χ3n) is 6.07. The monoisotopic (exact) mass is 524 g/mol. The van der Waals surface area contributed by atoms with Gasteiger partial charge in [-0.3, -0.25) is 9.80 Å². The van der Waals surface area contributed by atoms with Gasteiger partial charge in [0.15, 0.2) is 5.84 Å². The van der Waals surface area contributed by atoms with Crippen LogP contribution >= 0.6 is 0 Å². The molecule has 1 aromatic rings. The van der Waals surface area contributed by atoms with Gasteiger partial charge in [0, 0.05) is 30.4 Å². The zero-order valence-electron chi connectivity index (χ0n) is 23.4. The molecule has 0 aromatic heterocycles. The minimum absolute atomic E-state index is 0.188. The van der Waals surface area contributed by atoms with Crippen molar-refractivity contribution in [3.8, 4) is 5.75 Å². The predicted octanol–water partition coefficient (Wildman–Crippen LogP) is 4.17. The summed E-state index contributed by atoms with van der Waals surface area (Å²) in [5.41, 5.74) is 9.87. The smallest absolute Gasteiger partial charge is 0.410 e. The van der Waals surface area contributed by atoms with Crippen LogP contribution in [0.2, 0.25) is 0 Å². The first-order valence-electron chi connectivity index (χ1n) is 13.0. The number of fused-ring (bicyclic) bond motifs is 1. The van der Waals surface area contributed by atoms with Gasteiger partial charge in [-0.05, 0) is 76.8 Å². The summed E-state index contributed by atoms with van der Waals surface area (Å²) in [7, 11) is 1.55. The van der Waals surface area contributed by atoms with Gasteiger partial charge in [-0.25, -0.2) is 10.3 Å². The number of benzene rings is 1. The molecule has 0 spiro atoms. The highest BCUT2D eigenvalue weighted by Crippen LogP contribution is 2.28. The Kier molecular flexibility index (Phi) is 9.95. The van der Waals surface area contributed by atoms with Crippen LogP contribution in [0.5, 0.6) is 5.75 Å². The van der Waals surface area contributed by atoms with Crippen molar-refractivity contribution >= 4 is 17.8 Å². The zero-order valence-corrected chi connectivity index (χ0v) is 23.4. The average Bonchev–Trinajstić information content (AvgIpc) is 3.37. The van der Waals surface area contributed by atoms with Crippen molar-refractivity contribution in [3.63, 3.8) is 0 Å². The van der Waals surface area contributed by atoms with Crippen molar-refractivity contribution in [3.05, 3.63) is 64.4 Å². The van der Waals surface area contributed by atoms with Crippen molar-refractivity contribution in [2.24, 2.45) is 5.10 Å². The molecule has 3 rings (SSSR count). The lowest BCUT2D eigenvalue weighted by Gasteiger charge is -2.29. The summed E-state index contributed by atoms with van der Waals surface area (Å²) in [6, 6.07) is 3.91. The van der Waals surface area contributed by atoms with Gasteiger partial charge in [0.25, 0.3) is 5.91 Å². The molecule has 206 valence electrons. The first-order chi connectivity index (χ1) is 18.1. The van der Waals surface area contributed by atoms with Crippen molar-refractivity contribution in [2.45, 2.75) is 73.1 Å². The van der Waals surface area contributed by atoms with Crippen LogP contribution in [0.3, 0.4) is 0 Å². The molecule has 2 aliphatic heterocycles. The van der Waals surface area contributed by atoms with E-state index >= 15 is 0 Å². The number of carbonyl (C=O) groups excluding carboxylic acids is 2. The Bertz CT molecular complexity index is 1150. The van der Waals surface area contributed by atoms with Crippen LogP contribution in [0.15, 0.2) is 52.8 Å². The molecule has 38 heavy (non-hydrogen) atoms. The second-order valence-corrected chi connectivity index (χ2v) is 9.78. The summed E-state index contributed by atoms with van der Waals surface area (Å²) in [5, 5.41) is 9.25. The third-order valence-corrected chi connectivity index (χ3v) is 6.07. The summed E-state index contributed by atoms with van der Waals surface area (Å²) in [6.07, 6.45) is 8.78. The quantitative estimate of drug-likeness (QED) is 0.416. The number of hydrazine groups is 2. The molecule has 0 radical (unpaired) electrons. The number of nitrogens with zero attached hydrogens (tertiary/aromatic N) is 3. The highest BCUT2D eigenvalue weighted by Gasteiger charge is 2.26. The summed E-state index contributed by atoms with van der Waals surface area (Å²) >= 11 is 0. The minimum Gasteiger partial charge on any atom is -0.496 e. The molecular formula is C28H40N6O4. The molecule has 10 nitrogen and oxygen atoms in total. The van der Waals surface area contributed by atoms with Crippen LogP contribution < -0.4 is 21.1 Å². The second-order valence-electron chi connectivity index (χ2n) is 9.78. The van der Waals surface area contributed by atoms with Crippen LogP contribution in [-0.2, 0) is 17.7 Å². The fourth-order valence-corrected chi connectivity index (χ4v) is 4.22. The standard InChI is InChI=1S/C28H40N6O4/c1-8-10-21(26-30-31-32-34(26)18(2)3)12-9-11-20(6)29-27(35)24-15-23-17-33(28(36)38-19(4)5)14-13-22(23)16-25(24)37-7/h9-12,15-16,18-19,31-32H,8,13-14,17H2,1-7H3,(H,29,35)/b12-9-,20-11+,21-10-. The van der Waals surface area contributed by atoms with E-state index in [1.54, 1.807) is 12.0 Å². The Morgan fingerprint density at radius 1 is 1.21 bits per heavy atom. The highest BCUT2D eigenvalue weighted by atomic mass is 16.6. The molecule has 3 N–H and O–H groups in total. The number of hydrogen-bond donors (Lipinski definition) is 3. The third kappa shape index (κ3) is 7.16. The normalized spacial score (nSPS) is 16.1. The predicted molar refractivity (Wildman–Crippen MR) is 148 cm³/mol. The van der Waals surface area contributed by atoms with Gasteiger partial charge in [0.2, 0.25) is 0 Å². The first kappa shape index (κ1) is 28.8. The van der Waals surface area contributed by atoms with E-state index in [4.69, 9.17) is 9.47 Å². The largest absolute Gasteiger partial charge is 0.496 e. The Morgan fingerprint density at radius 2 is 1.97 bits per heavy atom. The van der Waals surface area contributed by atoms with E-state index in [0.29, 0.717) is 36.5 Å². The van der Waals surface area contributed by atoms with Gasteiger partial charge < -0.3 is 19.7 Å². The molecule has 0 unspecified atom stereocenters. The molecule has 1 aromatic carbocycles. The molecule has 0 fully saturated rings. The van der Waals surface area contributed by atoms with Crippen molar-refractivity contribution in [1.82, 2.24) is 26.3 Å². The Hall–Kier alpha value is -3.79. The van der Waals surface area contributed by atoms with Crippen LogP contribution in [0.4, 0.5) is 4.79 Å². The lowest BCUT2D eigenvalue weighted by molar-refractivity contribution is 0.0730. The number of amidine groups is 1. The maximum Gasteiger partial charge on any atom is 0.410 e. The fraction of sp³-hybridized carbons (Fsp3) is 0.464. The number of carbonyl (C=O) groups is 2. The molecule has 2 amide bonds. The number of nitrogens with one attached hydrogen (secondary N) is 3. The van der Waals surface area contributed by atoms with Gasteiger partial charge >= 0.3 is 6.09 Å². The zero-order chi connectivity index (χ0) is 27.8. The number of allylic oxidation sites excluding steroid dienone is 4. The summed E-state index contributed by atoms with van der Waals surface area (Å²) in [5.74, 6) is 1.03. The maximum absolute atomic E-state index is 13.2. The van der Waals surface area contributed by atoms with Crippen LogP contribution in [0.1, 0.15) is 69.4 Å². The number of hydrogen-bond acceptors (Lipinski definition) is 8. The molecular weight excluding hydrogens is 484 g/mol.